The van der Waals surface area contributed by atoms with Gasteiger partial charge in [0.25, 0.3) is 0 Å². The van der Waals surface area contributed by atoms with Crippen LogP contribution in [0.15, 0.2) is 182 Å². The molecule has 0 radical (unpaired) electrons. The van der Waals surface area contributed by atoms with E-state index in [1.165, 1.54) is 186 Å². The number of rotatable bonds is 12. The monoisotopic (exact) mass is 1020 g/mol. The molecule has 0 aliphatic heterocycles. The van der Waals surface area contributed by atoms with Gasteiger partial charge in [0.1, 0.15) is 0 Å². The lowest BCUT2D eigenvalue weighted by molar-refractivity contribution is 0.445. The van der Waals surface area contributed by atoms with Crippen molar-refractivity contribution in [3.63, 3.8) is 0 Å². The molecule has 2 saturated carbocycles. The van der Waals surface area contributed by atoms with Crippen LogP contribution in [0.3, 0.4) is 0 Å². The lowest BCUT2D eigenvalue weighted by atomic mass is 9.77. The Morgan fingerprint density at radius 1 is 0.342 bits per heavy atom. The van der Waals surface area contributed by atoms with E-state index >= 15 is 0 Å². The molecule has 12 rings (SSSR count). The summed E-state index contributed by atoms with van der Waals surface area (Å²) < 4.78 is 0. The van der Waals surface area contributed by atoms with Gasteiger partial charge in [-0.3, -0.25) is 0 Å². The van der Waals surface area contributed by atoms with E-state index in [2.05, 4.69) is 245 Å². The molecular formula is C72H76N2Si2. The van der Waals surface area contributed by atoms with Gasteiger partial charge in [0, 0.05) is 33.5 Å². The molecule has 0 spiro atoms. The van der Waals surface area contributed by atoms with Gasteiger partial charge < -0.3 is 9.80 Å². The minimum atomic E-state index is -1.77. The van der Waals surface area contributed by atoms with Crippen molar-refractivity contribution in [1.29, 1.82) is 0 Å². The number of aryl methyl sites for hydroxylation is 2. The van der Waals surface area contributed by atoms with Gasteiger partial charge in [-0.2, -0.15) is 0 Å². The first-order chi connectivity index (χ1) is 36.8. The van der Waals surface area contributed by atoms with E-state index in [1.54, 1.807) is 0 Å². The van der Waals surface area contributed by atoms with Gasteiger partial charge in [-0.15, -0.1) is 0 Å². The molecule has 0 N–H and O–H groups in total. The van der Waals surface area contributed by atoms with Crippen LogP contribution in [0.1, 0.15) is 98.3 Å². The summed E-state index contributed by atoms with van der Waals surface area (Å²) in [7, 11) is -3.54. The normalized spacial score (nSPS) is 15.0. The highest BCUT2D eigenvalue weighted by molar-refractivity contribution is 6.90. The van der Waals surface area contributed by atoms with Crippen molar-refractivity contribution in [2.45, 2.75) is 129 Å². The summed E-state index contributed by atoms with van der Waals surface area (Å²) in [5, 5.41) is 11.4. The fourth-order valence-electron chi connectivity index (χ4n) is 13.7. The predicted octanol–water partition coefficient (Wildman–Crippen LogP) is 20.7. The molecule has 10 aromatic rings. The first-order valence-corrected chi connectivity index (χ1v) is 35.7. The van der Waals surface area contributed by atoms with Crippen LogP contribution in [-0.4, -0.2) is 16.1 Å². The van der Waals surface area contributed by atoms with Crippen LogP contribution < -0.4 is 20.2 Å². The molecule has 382 valence electrons. The predicted molar refractivity (Wildman–Crippen MR) is 337 cm³/mol. The van der Waals surface area contributed by atoms with E-state index < -0.39 is 16.1 Å². The summed E-state index contributed by atoms with van der Waals surface area (Å²) in [6, 6.07) is 70.7. The van der Waals surface area contributed by atoms with Gasteiger partial charge in [-0.25, -0.2) is 0 Å². The molecular weight excluding hydrogens is 949 g/mol. The Morgan fingerprint density at radius 3 is 1.01 bits per heavy atom. The minimum Gasteiger partial charge on any atom is -0.310 e. The smallest absolute Gasteiger partial charge is 0.0784 e. The van der Waals surface area contributed by atoms with E-state index in [9.17, 15) is 0 Å². The summed E-state index contributed by atoms with van der Waals surface area (Å²) in [5.41, 5.74) is 18.4. The summed E-state index contributed by atoms with van der Waals surface area (Å²) in [6.45, 7) is 19.7. The van der Waals surface area contributed by atoms with Crippen LogP contribution in [0.25, 0.3) is 54.6 Å². The van der Waals surface area contributed by atoms with Gasteiger partial charge in [-0.1, -0.05) is 222 Å². The van der Waals surface area contributed by atoms with E-state index in [0.29, 0.717) is 11.8 Å². The van der Waals surface area contributed by atoms with Gasteiger partial charge in [0.2, 0.25) is 0 Å². The summed E-state index contributed by atoms with van der Waals surface area (Å²) >= 11 is 0. The molecule has 0 heterocycles. The second kappa shape index (κ2) is 20.3. The Labute approximate surface area is 455 Å². The summed E-state index contributed by atoms with van der Waals surface area (Å²) in [4.78, 5) is 5.31. The number of para-hydroxylation sites is 2. The zero-order valence-electron chi connectivity index (χ0n) is 46.4. The summed E-state index contributed by atoms with van der Waals surface area (Å²) in [5.74, 6) is 0.985. The maximum absolute atomic E-state index is 2.66. The molecule has 10 aromatic carbocycles. The van der Waals surface area contributed by atoms with Crippen molar-refractivity contribution in [3.8, 4) is 22.3 Å². The number of hydrogen-bond donors (Lipinski definition) is 0. The number of hydrogen-bond acceptors (Lipinski definition) is 2. The first-order valence-electron chi connectivity index (χ1n) is 28.7. The largest absolute Gasteiger partial charge is 0.310 e. The molecule has 0 bridgehead atoms. The van der Waals surface area contributed by atoms with Crippen LogP contribution in [0, 0.1) is 13.8 Å². The zero-order chi connectivity index (χ0) is 52.3. The standard InChI is InChI=1S/C72H76N2Si2/c1-49-43-69(75(3,4)5)63(53-31-19-11-20-32-53)47-65(49)73(55-35-23-13-24-36-55)67-45-61(51-27-15-9-16-28-51)57-40-42-60-68(46-62(52-29-17-10-18-30-52)58-39-41-59(67)71(57)72(58)60)74(56-37-25-14-26-38-56)66-48-64(54-33-21-12-22-34-54)70(44-50(66)2)76(6,7)8/h11-14,19-26,31-48,51-52H,9-10,15-18,27-30H2,1-8H3. The molecule has 2 aliphatic carbocycles. The Bertz CT molecular complexity index is 3440. The highest BCUT2D eigenvalue weighted by Crippen LogP contribution is 2.54. The summed E-state index contributed by atoms with van der Waals surface area (Å²) in [6.07, 6.45) is 12.7. The lowest BCUT2D eigenvalue weighted by Gasteiger charge is -2.35. The first kappa shape index (κ1) is 50.1. The van der Waals surface area contributed by atoms with Crippen molar-refractivity contribution >= 4 is 93.0 Å². The van der Waals surface area contributed by atoms with E-state index in [1.807, 2.05) is 0 Å². The molecule has 0 atom stereocenters. The molecule has 2 fully saturated rings. The van der Waals surface area contributed by atoms with Gasteiger partial charge in [-0.05, 0) is 166 Å². The molecule has 0 unspecified atom stereocenters. The van der Waals surface area contributed by atoms with Crippen molar-refractivity contribution in [2.24, 2.45) is 0 Å². The average Bonchev–Trinajstić information content (AvgIpc) is 3.57. The Hall–Kier alpha value is -6.73. The maximum atomic E-state index is 2.66. The fraction of sp³-hybridized carbons (Fsp3) is 0.278. The van der Waals surface area contributed by atoms with Crippen LogP contribution in [0.5, 0.6) is 0 Å². The third kappa shape index (κ3) is 9.19. The maximum Gasteiger partial charge on any atom is 0.0784 e. The highest BCUT2D eigenvalue weighted by atomic mass is 28.3. The Balaban J connectivity index is 1.20. The third-order valence-electron chi connectivity index (χ3n) is 17.5. The average molecular weight is 1030 g/mol. The molecule has 0 saturated heterocycles. The van der Waals surface area contributed by atoms with Crippen LogP contribution in [0.2, 0.25) is 39.3 Å². The van der Waals surface area contributed by atoms with E-state index in [0.717, 1.165) is 0 Å². The van der Waals surface area contributed by atoms with Crippen molar-refractivity contribution in [2.75, 3.05) is 9.80 Å². The van der Waals surface area contributed by atoms with Gasteiger partial charge >= 0.3 is 0 Å². The van der Waals surface area contributed by atoms with Gasteiger partial charge in [0.05, 0.1) is 27.5 Å². The van der Waals surface area contributed by atoms with Gasteiger partial charge in [0.15, 0.2) is 0 Å². The number of anilines is 6. The minimum absolute atomic E-state index is 0.493. The van der Waals surface area contributed by atoms with Crippen molar-refractivity contribution in [3.05, 3.63) is 204 Å². The molecule has 2 aliphatic rings. The van der Waals surface area contributed by atoms with Crippen molar-refractivity contribution in [1.82, 2.24) is 0 Å². The molecule has 0 aromatic heterocycles. The second-order valence-electron chi connectivity index (χ2n) is 24.7. The van der Waals surface area contributed by atoms with Crippen molar-refractivity contribution < 1.29 is 0 Å². The zero-order valence-corrected chi connectivity index (χ0v) is 48.4. The van der Waals surface area contributed by atoms with Crippen LogP contribution >= 0.6 is 0 Å². The number of benzene rings is 10. The van der Waals surface area contributed by atoms with E-state index in [4.69, 9.17) is 0 Å². The molecule has 4 heteroatoms. The second-order valence-corrected chi connectivity index (χ2v) is 34.7. The van der Waals surface area contributed by atoms with E-state index in [-0.39, 0.29) is 0 Å². The molecule has 2 nitrogen and oxygen atoms in total. The Kier molecular flexibility index (Phi) is 13.4. The Morgan fingerprint density at radius 2 is 0.671 bits per heavy atom. The topological polar surface area (TPSA) is 6.48 Å². The number of nitrogens with zero attached hydrogens (tertiary/aromatic N) is 2. The quantitative estimate of drug-likeness (QED) is 0.0889. The molecule has 76 heavy (non-hydrogen) atoms. The third-order valence-corrected chi connectivity index (χ3v) is 21.5. The van der Waals surface area contributed by atoms with Crippen LogP contribution in [-0.2, 0) is 0 Å². The molecule has 0 amide bonds. The fourth-order valence-corrected chi connectivity index (χ4v) is 17.0. The van der Waals surface area contributed by atoms with Crippen LogP contribution in [0.4, 0.5) is 34.1 Å². The highest BCUT2D eigenvalue weighted by Gasteiger charge is 2.32. The lowest BCUT2D eigenvalue weighted by Crippen LogP contribution is -2.39. The SMILES string of the molecule is Cc1cc([Si](C)(C)C)c(-c2ccccc2)cc1N(c1ccccc1)c1cc(C2CCCCC2)c2ccc3c(N(c4ccccc4)c4cc(-c5ccccc5)c([Si](C)(C)C)cc4C)cc(C4CCCCC4)c4ccc1c2c43.